The number of nitrogens with one attached hydrogen (secondary N) is 1. The van der Waals surface area contributed by atoms with Crippen LogP contribution in [-0.2, 0) is 43.1 Å². The number of carbonyl (C=O) groups excluding carboxylic acids is 1. The van der Waals surface area contributed by atoms with Gasteiger partial charge in [0, 0.05) is 6.92 Å². The van der Waals surface area contributed by atoms with Crippen LogP contribution in [0.5, 0.6) is 0 Å². The average molecular weight is 626 g/mol. The average Bonchev–Trinajstić information content (AvgIpc) is 2.90. The van der Waals surface area contributed by atoms with Crippen molar-refractivity contribution in [1.82, 2.24) is 5.32 Å². The molecule has 3 fully saturated rings. The fourth-order valence-corrected chi connectivity index (χ4v) is 5.22. The van der Waals surface area contributed by atoms with Gasteiger partial charge >= 0.3 is 10.4 Å². The van der Waals surface area contributed by atoms with Crippen LogP contribution in [0.2, 0.25) is 0 Å². The molecule has 0 aromatic heterocycles. The Labute approximate surface area is 232 Å². The number of aliphatic hydroxyl groups is 9. The smallest absolute Gasteiger partial charge is 0.394 e. The van der Waals surface area contributed by atoms with Gasteiger partial charge in [-0.3, -0.25) is 9.35 Å². The maximum Gasteiger partial charge on any atom is 0.397 e. The second kappa shape index (κ2) is 14.0. The van der Waals surface area contributed by atoms with E-state index >= 15 is 0 Å². The van der Waals surface area contributed by atoms with Crippen molar-refractivity contribution in [2.24, 2.45) is 0 Å². The van der Waals surface area contributed by atoms with E-state index in [1.54, 1.807) is 0 Å². The van der Waals surface area contributed by atoms with Gasteiger partial charge in [0.25, 0.3) is 0 Å². The lowest BCUT2D eigenvalue weighted by atomic mass is 9.95. The van der Waals surface area contributed by atoms with Crippen LogP contribution in [0, 0.1) is 0 Å². The van der Waals surface area contributed by atoms with E-state index in [4.69, 9.17) is 23.7 Å². The van der Waals surface area contributed by atoms with Crippen molar-refractivity contribution in [2.45, 2.75) is 99.0 Å². The number of carbonyl (C=O) groups is 1. The zero-order chi connectivity index (χ0) is 30.8. The maximum absolute atomic E-state index is 11.8. The Morgan fingerprint density at radius 2 is 1.20 bits per heavy atom. The van der Waals surface area contributed by atoms with Crippen LogP contribution in [0.1, 0.15) is 6.92 Å². The molecule has 20 nitrogen and oxygen atoms in total. The third kappa shape index (κ3) is 7.84. The first-order chi connectivity index (χ1) is 19.1. The number of ether oxygens (including phenoxy) is 5. The van der Waals surface area contributed by atoms with Gasteiger partial charge in [0.2, 0.25) is 5.91 Å². The van der Waals surface area contributed by atoms with E-state index in [9.17, 15) is 63.7 Å². The molecule has 0 saturated carbocycles. The summed E-state index contributed by atoms with van der Waals surface area (Å²) in [4.78, 5) is 11.8. The Kier molecular flexibility index (Phi) is 11.7. The molecule has 3 aliphatic rings. The van der Waals surface area contributed by atoms with Crippen molar-refractivity contribution in [3.63, 3.8) is 0 Å². The quantitative estimate of drug-likeness (QED) is 0.100. The van der Waals surface area contributed by atoms with Crippen LogP contribution in [-0.4, -0.2) is 177 Å². The van der Waals surface area contributed by atoms with Crippen LogP contribution in [0.3, 0.4) is 0 Å². The van der Waals surface area contributed by atoms with Gasteiger partial charge in [-0.25, -0.2) is 4.18 Å². The highest BCUT2D eigenvalue weighted by Crippen LogP contribution is 2.33. The van der Waals surface area contributed by atoms with Gasteiger partial charge in [-0.15, -0.1) is 0 Å². The van der Waals surface area contributed by atoms with Crippen LogP contribution >= 0.6 is 0 Å². The minimum atomic E-state index is -5.25. The predicted molar refractivity (Wildman–Crippen MR) is 123 cm³/mol. The van der Waals surface area contributed by atoms with Crippen molar-refractivity contribution < 1.29 is 91.6 Å². The first kappa shape index (κ1) is 34.3. The third-order valence-electron chi connectivity index (χ3n) is 6.70. The van der Waals surface area contributed by atoms with Gasteiger partial charge in [-0.05, 0) is 0 Å². The second-order valence-corrected chi connectivity index (χ2v) is 10.6. The Morgan fingerprint density at radius 1 is 0.707 bits per heavy atom. The summed E-state index contributed by atoms with van der Waals surface area (Å²) in [6.07, 6.45) is -25.3. The highest BCUT2D eigenvalue weighted by atomic mass is 32.3. The summed E-state index contributed by atoms with van der Waals surface area (Å²) in [6, 6.07) is -1.72. The zero-order valence-corrected chi connectivity index (χ0v) is 22.2. The van der Waals surface area contributed by atoms with E-state index in [1.165, 1.54) is 0 Å². The van der Waals surface area contributed by atoms with E-state index in [2.05, 4.69) is 9.50 Å². The zero-order valence-electron chi connectivity index (χ0n) is 21.3. The Morgan fingerprint density at radius 3 is 1.71 bits per heavy atom. The molecule has 3 rings (SSSR count). The summed E-state index contributed by atoms with van der Waals surface area (Å²) in [5.74, 6) is -0.822. The van der Waals surface area contributed by atoms with Crippen molar-refractivity contribution >= 4 is 16.3 Å². The topological polar surface area (TPSA) is 321 Å². The van der Waals surface area contributed by atoms with Gasteiger partial charge < -0.3 is 75.0 Å². The molecule has 15 atom stereocenters. The summed E-state index contributed by atoms with van der Waals surface area (Å²) in [7, 11) is -5.25. The molecular formula is C20H35NO19S. The highest BCUT2D eigenvalue weighted by molar-refractivity contribution is 7.80. The molecule has 0 radical (unpaired) electrons. The summed E-state index contributed by atoms with van der Waals surface area (Å²) >= 11 is 0. The van der Waals surface area contributed by atoms with E-state index in [0.29, 0.717) is 0 Å². The van der Waals surface area contributed by atoms with E-state index < -0.39 is 128 Å². The summed E-state index contributed by atoms with van der Waals surface area (Å²) in [5, 5.41) is 93.1. The third-order valence-corrected chi connectivity index (χ3v) is 7.16. The minimum absolute atomic E-state index is 0.819. The molecule has 21 heteroatoms. The SMILES string of the molecule is CC(=O)N[C@H]1[C@H](O[C@@H]2[C@H](O)[C@@H](O)[C@H](O[C@H]3[C@H](O)[C@@H](O)[C@H](O)O[C@@H]3CO)O[C@@H]2CO)O[C@H](CO)[C@H](O)[C@H]1OS(=O)(=O)O. The molecule has 0 aliphatic carbocycles. The van der Waals surface area contributed by atoms with Crippen LogP contribution < -0.4 is 5.32 Å². The number of aliphatic hydroxyl groups excluding tert-OH is 9. The Hall–Kier alpha value is -1.22. The monoisotopic (exact) mass is 625 g/mol. The van der Waals surface area contributed by atoms with Crippen molar-refractivity contribution in [3.05, 3.63) is 0 Å². The van der Waals surface area contributed by atoms with Crippen molar-refractivity contribution in [3.8, 4) is 0 Å². The Balaban J connectivity index is 1.84. The van der Waals surface area contributed by atoms with E-state index in [1.807, 2.05) is 0 Å². The summed E-state index contributed by atoms with van der Waals surface area (Å²) < 4.78 is 63.4. The van der Waals surface area contributed by atoms with Gasteiger partial charge in [0.15, 0.2) is 18.9 Å². The summed E-state index contributed by atoms with van der Waals surface area (Å²) in [6.45, 7) is -1.70. The van der Waals surface area contributed by atoms with Crippen molar-refractivity contribution in [1.29, 1.82) is 0 Å². The van der Waals surface area contributed by atoms with Gasteiger partial charge in [0.05, 0.1) is 19.8 Å². The molecule has 3 saturated heterocycles. The lowest BCUT2D eigenvalue weighted by Gasteiger charge is -2.48. The molecule has 3 aliphatic heterocycles. The van der Waals surface area contributed by atoms with Gasteiger partial charge in [-0.1, -0.05) is 0 Å². The fraction of sp³-hybridized carbons (Fsp3) is 0.950. The maximum atomic E-state index is 11.8. The number of rotatable bonds is 10. The second-order valence-electron chi connectivity index (χ2n) is 9.57. The molecule has 1 amide bonds. The fourth-order valence-electron chi connectivity index (χ4n) is 4.70. The molecule has 11 N–H and O–H groups in total. The molecule has 0 unspecified atom stereocenters. The van der Waals surface area contributed by atoms with Crippen LogP contribution in [0.4, 0.5) is 0 Å². The highest BCUT2D eigenvalue weighted by Gasteiger charge is 2.54. The van der Waals surface area contributed by atoms with Crippen LogP contribution in [0.25, 0.3) is 0 Å². The van der Waals surface area contributed by atoms with Crippen molar-refractivity contribution in [2.75, 3.05) is 19.8 Å². The number of amides is 1. The lowest BCUT2D eigenvalue weighted by molar-refractivity contribution is -0.371. The minimum Gasteiger partial charge on any atom is -0.394 e. The molecule has 0 aromatic rings. The normalized spacial score (nSPS) is 45.8. The van der Waals surface area contributed by atoms with Crippen LogP contribution in [0.15, 0.2) is 0 Å². The van der Waals surface area contributed by atoms with Gasteiger partial charge in [-0.2, -0.15) is 8.42 Å². The molecule has 0 spiro atoms. The molecular weight excluding hydrogens is 590 g/mol. The largest absolute Gasteiger partial charge is 0.397 e. The first-order valence-corrected chi connectivity index (χ1v) is 13.6. The lowest BCUT2D eigenvalue weighted by Crippen LogP contribution is -2.69. The Bertz CT molecular complexity index is 968. The molecule has 41 heavy (non-hydrogen) atoms. The molecule has 3 heterocycles. The molecule has 0 aromatic carbocycles. The molecule has 240 valence electrons. The molecule has 0 bridgehead atoms. The predicted octanol–water partition coefficient (Wildman–Crippen LogP) is -7.60. The first-order valence-electron chi connectivity index (χ1n) is 12.2. The summed E-state index contributed by atoms with van der Waals surface area (Å²) in [5.41, 5.74) is 0. The van der Waals surface area contributed by atoms with Gasteiger partial charge in [0.1, 0.15) is 73.2 Å². The van der Waals surface area contributed by atoms with E-state index in [-0.39, 0.29) is 0 Å². The standard InChI is InChI=1S/C20H35NO19S/c1-5(25)21-9-17(40-41(32,33)34)10(26)6(2-22)36-19(9)38-16-8(4-24)37-20(14(30)12(16)28)39-15-7(3-23)35-18(31)13(29)11(15)27/h6-20,22-24,26-31H,2-4H2,1H3,(H,21,25)(H,32,33,34)/t6-,7-,8-,9-,10+,11-,12-,13-,14-,15-,16+,17+,18-,19+,20+/m1/s1. The van der Waals surface area contributed by atoms with E-state index in [0.717, 1.165) is 6.92 Å². The number of hydrogen-bond acceptors (Lipinski definition) is 18. The number of hydrogen-bond donors (Lipinski definition) is 11.